The van der Waals surface area contributed by atoms with Gasteiger partial charge >= 0.3 is 0 Å². The number of nitrogens with zero attached hydrogens (tertiary/aromatic N) is 1. The molecular weight excluding hydrogens is 392 g/mol. The summed E-state index contributed by atoms with van der Waals surface area (Å²) < 4.78 is 11.0. The minimum atomic E-state index is -0.149. The Balaban J connectivity index is 1.51. The fraction of sp³-hybridized carbons (Fsp3) is 0.364. The maximum Gasteiger partial charge on any atom is 0.256 e. The number of rotatable bonds is 7. The van der Waals surface area contributed by atoms with E-state index in [2.05, 4.69) is 5.32 Å². The lowest BCUT2D eigenvalue weighted by Gasteiger charge is -2.27. The molecular formula is C22H25ClN2O4. The predicted molar refractivity (Wildman–Crippen MR) is 113 cm³/mol. The van der Waals surface area contributed by atoms with E-state index in [4.69, 9.17) is 21.1 Å². The van der Waals surface area contributed by atoms with Crippen molar-refractivity contribution in [3.63, 3.8) is 0 Å². The van der Waals surface area contributed by atoms with E-state index in [1.165, 1.54) is 0 Å². The van der Waals surface area contributed by atoms with E-state index in [1.54, 1.807) is 35.2 Å². The molecule has 3 rings (SSSR count). The van der Waals surface area contributed by atoms with Crippen molar-refractivity contribution in [1.29, 1.82) is 0 Å². The molecule has 29 heavy (non-hydrogen) atoms. The fourth-order valence-electron chi connectivity index (χ4n) is 3.12. The lowest BCUT2D eigenvalue weighted by Crippen LogP contribution is -2.41. The first-order valence-corrected chi connectivity index (χ1v) is 10.1. The summed E-state index contributed by atoms with van der Waals surface area (Å²) in [6, 6.07) is 12.5. The number of carbonyl (C=O) groups is 2. The number of carbonyl (C=O) groups excluding carboxylic acids is 2. The quantitative estimate of drug-likeness (QED) is 0.694. The van der Waals surface area contributed by atoms with E-state index in [1.807, 2.05) is 19.1 Å². The number of amides is 2. The van der Waals surface area contributed by atoms with Crippen LogP contribution in [-0.4, -0.2) is 49.6 Å². The SMILES string of the molecule is Cc1cc(Cl)ccc1OCCCC(=O)Nc1ccccc1C(=O)N1CCOCC1. The van der Waals surface area contributed by atoms with Crippen LogP contribution in [0.15, 0.2) is 42.5 Å². The number of aryl methyl sites for hydroxylation is 1. The third kappa shape index (κ3) is 5.95. The van der Waals surface area contributed by atoms with Gasteiger partial charge in [-0.1, -0.05) is 23.7 Å². The normalized spacial score (nSPS) is 13.8. The molecule has 7 heteroatoms. The molecule has 2 amide bonds. The Bertz CT molecular complexity index is 866. The molecule has 1 fully saturated rings. The van der Waals surface area contributed by atoms with Gasteiger partial charge in [-0.15, -0.1) is 0 Å². The van der Waals surface area contributed by atoms with E-state index in [-0.39, 0.29) is 11.8 Å². The molecule has 1 N–H and O–H groups in total. The van der Waals surface area contributed by atoms with Gasteiger partial charge in [-0.05, 0) is 49.2 Å². The van der Waals surface area contributed by atoms with E-state index >= 15 is 0 Å². The predicted octanol–water partition coefficient (Wildman–Crippen LogP) is 3.92. The molecule has 6 nitrogen and oxygen atoms in total. The van der Waals surface area contributed by atoms with Crippen molar-refractivity contribution in [2.24, 2.45) is 0 Å². The third-order valence-electron chi connectivity index (χ3n) is 4.67. The van der Waals surface area contributed by atoms with E-state index in [9.17, 15) is 9.59 Å². The van der Waals surface area contributed by atoms with E-state index < -0.39 is 0 Å². The lowest BCUT2D eigenvalue weighted by molar-refractivity contribution is -0.116. The smallest absolute Gasteiger partial charge is 0.256 e. The Morgan fingerprint density at radius 2 is 1.93 bits per heavy atom. The fourth-order valence-corrected chi connectivity index (χ4v) is 3.34. The van der Waals surface area contributed by atoms with Gasteiger partial charge in [0.15, 0.2) is 0 Å². The van der Waals surface area contributed by atoms with Crippen LogP contribution in [0.4, 0.5) is 5.69 Å². The van der Waals surface area contributed by atoms with Crippen molar-refractivity contribution in [3.05, 3.63) is 58.6 Å². The second-order valence-corrected chi connectivity index (χ2v) is 7.30. The Morgan fingerprint density at radius 3 is 2.69 bits per heavy atom. The first-order valence-electron chi connectivity index (χ1n) is 9.69. The van der Waals surface area contributed by atoms with Gasteiger partial charge in [-0.25, -0.2) is 0 Å². The second-order valence-electron chi connectivity index (χ2n) is 6.86. The minimum absolute atomic E-state index is 0.0919. The standard InChI is InChI=1S/C22H25ClN2O4/c1-16-15-17(23)8-9-20(16)29-12-4-7-21(26)24-19-6-3-2-5-18(19)22(27)25-10-13-28-14-11-25/h2-3,5-6,8-9,15H,4,7,10-14H2,1H3,(H,24,26). The summed E-state index contributed by atoms with van der Waals surface area (Å²) in [6.45, 7) is 4.53. The Hall–Kier alpha value is -2.57. The molecule has 1 aliphatic heterocycles. The van der Waals surface area contributed by atoms with Gasteiger partial charge in [-0.2, -0.15) is 0 Å². The molecule has 2 aromatic rings. The number of para-hydroxylation sites is 1. The van der Waals surface area contributed by atoms with Crippen molar-refractivity contribution < 1.29 is 19.1 Å². The molecule has 0 aromatic heterocycles. The van der Waals surface area contributed by atoms with Crippen LogP contribution in [0, 0.1) is 6.92 Å². The molecule has 1 heterocycles. The Labute approximate surface area is 175 Å². The van der Waals surface area contributed by atoms with Crippen LogP contribution in [0.3, 0.4) is 0 Å². The zero-order valence-corrected chi connectivity index (χ0v) is 17.2. The number of halogens is 1. The first kappa shape index (κ1) is 21.1. The van der Waals surface area contributed by atoms with Gasteiger partial charge < -0.3 is 19.7 Å². The van der Waals surface area contributed by atoms with Gasteiger partial charge in [0.2, 0.25) is 5.91 Å². The molecule has 0 unspecified atom stereocenters. The highest BCUT2D eigenvalue weighted by molar-refractivity contribution is 6.30. The van der Waals surface area contributed by atoms with Crippen LogP contribution >= 0.6 is 11.6 Å². The molecule has 0 radical (unpaired) electrons. The molecule has 0 bridgehead atoms. The van der Waals surface area contributed by atoms with Gasteiger partial charge in [0, 0.05) is 24.5 Å². The summed E-state index contributed by atoms with van der Waals surface area (Å²) in [5.74, 6) is 0.519. The summed E-state index contributed by atoms with van der Waals surface area (Å²) in [5, 5.41) is 3.52. The topological polar surface area (TPSA) is 67.9 Å². The largest absolute Gasteiger partial charge is 0.493 e. The third-order valence-corrected chi connectivity index (χ3v) is 4.91. The lowest BCUT2D eigenvalue weighted by atomic mass is 10.1. The van der Waals surface area contributed by atoms with E-state index in [0.29, 0.717) is 62.0 Å². The zero-order valence-electron chi connectivity index (χ0n) is 16.4. The van der Waals surface area contributed by atoms with Gasteiger partial charge in [0.1, 0.15) is 5.75 Å². The summed E-state index contributed by atoms with van der Waals surface area (Å²) in [7, 11) is 0. The maximum absolute atomic E-state index is 12.8. The number of hydrogen-bond acceptors (Lipinski definition) is 4. The zero-order chi connectivity index (χ0) is 20.6. The minimum Gasteiger partial charge on any atom is -0.493 e. The Kier molecular flexibility index (Phi) is 7.49. The molecule has 154 valence electrons. The molecule has 0 spiro atoms. The highest BCUT2D eigenvalue weighted by Crippen LogP contribution is 2.22. The van der Waals surface area contributed by atoms with Crippen LogP contribution in [0.1, 0.15) is 28.8 Å². The van der Waals surface area contributed by atoms with Crippen LogP contribution in [-0.2, 0) is 9.53 Å². The van der Waals surface area contributed by atoms with Gasteiger partial charge in [-0.3, -0.25) is 9.59 Å². The molecule has 0 saturated carbocycles. The van der Waals surface area contributed by atoms with Gasteiger partial charge in [0.25, 0.3) is 5.91 Å². The summed E-state index contributed by atoms with van der Waals surface area (Å²) in [4.78, 5) is 26.9. The average molecular weight is 417 g/mol. The summed E-state index contributed by atoms with van der Waals surface area (Å²) >= 11 is 5.94. The highest BCUT2D eigenvalue weighted by atomic mass is 35.5. The van der Waals surface area contributed by atoms with Crippen molar-refractivity contribution in [1.82, 2.24) is 4.90 Å². The molecule has 0 atom stereocenters. The van der Waals surface area contributed by atoms with Crippen molar-refractivity contribution in [3.8, 4) is 5.75 Å². The summed E-state index contributed by atoms with van der Waals surface area (Å²) in [5.41, 5.74) is 1.98. The van der Waals surface area contributed by atoms with E-state index in [0.717, 1.165) is 11.3 Å². The van der Waals surface area contributed by atoms with Gasteiger partial charge in [0.05, 0.1) is 31.1 Å². The van der Waals surface area contributed by atoms with Crippen LogP contribution in [0.5, 0.6) is 5.75 Å². The number of nitrogens with one attached hydrogen (secondary N) is 1. The van der Waals surface area contributed by atoms with Crippen molar-refractivity contribution >= 4 is 29.1 Å². The number of hydrogen-bond donors (Lipinski definition) is 1. The number of benzene rings is 2. The summed E-state index contributed by atoms with van der Waals surface area (Å²) in [6.07, 6.45) is 0.861. The maximum atomic E-state index is 12.8. The van der Waals surface area contributed by atoms with Crippen LogP contribution < -0.4 is 10.1 Å². The molecule has 0 aliphatic carbocycles. The van der Waals surface area contributed by atoms with Crippen molar-refractivity contribution in [2.75, 3.05) is 38.2 Å². The number of morpholine rings is 1. The number of anilines is 1. The molecule has 2 aromatic carbocycles. The first-order chi connectivity index (χ1) is 14.0. The molecule has 1 saturated heterocycles. The highest BCUT2D eigenvalue weighted by Gasteiger charge is 2.21. The second kappa shape index (κ2) is 10.3. The van der Waals surface area contributed by atoms with Crippen LogP contribution in [0.2, 0.25) is 5.02 Å². The monoisotopic (exact) mass is 416 g/mol. The molecule has 1 aliphatic rings. The number of ether oxygens (including phenoxy) is 2. The van der Waals surface area contributed by atoms with Crippen molar-refractivity contribution in [2.45, 2.75) is 19.8 Å². The Morgan fingerprint density at radius 1 is 1.17 bits per heavy atom. The average Bonchev–Trinajstić information content (AvgIpc) is 2.73. The van der Waals surface area contributed by atoms with Crippen LogP contribution in [0.25, 0.3) is 0 Å².